The highest BCUT2D eigenvalue weighted by molar-refractivity contribution is 6.33. The maximum atomic E-state index is 13.2. The van der Waals surface area contributed by atoms with Crippen LogP contribution in [0, 0.1) is 0 Å². The van der Waals surface area contributed by atoms with Gasteiger partial charge in [-0.1, -0.05) is 29.3 Å². The lowest BCUT2D eigenvalue weighted by molar-refractivity contribution is 0.0524. The van der Waals surface area contributed by atoms with Crippen molar-refractivity contribution in [1.29, 1.82) is 0 Å². The molecule has 5 heterocycles. The van der Waals surface area contributed by atoms with E-state index < -0.39 is 11.4 Å². The molecule has 0 aromatic carbocycles. The number of aromatic nitrogens is 4. The zero-order valence-electron chi connectivity index (χ0n) is 17.5. The fourth-order valence-electron chi connectivity index (χ4n) is 3.85. The molecule has 0 atom stereocenters. The van der Waals surface area contributed by atoms with Gasteiger partial charge in [-0.05, 0) is 36.8 Å². The summed E-state index contributed by atoms with van der Waals surface area (Å²) in [6.07, 6.45) is 4.70. The zero-order valence-corrected chi connectivity index (χ0v) is 19.0. The summed E-state index contributed by atoms with van der Waals surface area (Å²) in [5.41, 5.74) is 2.32. The molecule has 0 unspecified atom stereocenters. The van der Waals surface area contributed by atoms with Crippen LogP contribution >= 0.6 is 23.2 Å². The number of pyridine rings is 4. The molecule has 10 heteroatoms. The molecule has 8 nitrogen and oxygen atoms in total. The van der Waals surface area contributed by atoms with Gasteiger partial charge in [0, 0.05) is 18.9 Å². The predicted octanol–water partition coefficient (Wildman–Crippen LogP) is 4.18. The molecule has 5 rings (SSSR count). The normalized spacial score (nSPS) is 12.8. The van der Waals surface area contributed by atoms with Crippen LogP contribution in [0.2, 0.25) is 10.2 Å². The number of nitrogens with zero attached hydrogens (tertiary/aromatic N) is 5. The fraction of sp³-hybridized carbons (Fsp3) is 0.174. The number of hydrogen-bond donors (Lipinski definition) is 0. The van der Waals surface area contributed by atoms with Crippen molar-refractivity contribution in [3.63, 3.8) is 0 Å². The summed E-state index contributed by atoms with van der Waals surface area (Å²) in [6, 6.07) is 8.78. The number of esters is 1. The van der Waals surface area contributed by atoms with Crippen molar-refractivity contribution in [3.8, 4) is 5.69 Å². The lowest BCUT2D eigenvalue weighted by Crippen LogP contribution is -2.23. The van der Waals surface area contributed by atoms with Gasteiger partial charge in [0.1, 0.15) is 10.7 Å². The maximum absolute atomic E-state index is 13.2. The number of carbonyl (C=O) groups is 1. The number of hydrogen-bond acceptors (Lipinski definition) is 7. The molecule has 0 fully saturated rings. The molecule has 166 valence electrons. The second-order valence-electron chi connectivity index (χ2n) is 7.43. The molecule has 0 bridgehead atoms. The monoisotopic (exact) mass is 481 g/mol. The van der Waals surface area contributed by atoms with E-state index in [-0.39, 0.29) is 17.6 Å². The van der Waals surface area contributed by atoms with Crippen LogP contribution in [0.4, 0.5) is 5.82 Å². The highest BCUT2D eigenvalue weighted by Crippen LogP contribution is 2.33. The highest BCUT2D eigenvalue weighted by Gasteiger charge is 2.25. The lowest BCUT2D eigenvalue weighted by Gasteiger charge is -2.20. The van der Waals surface area contributed by atoms with E-state index >= 15 is 0 Å². The molecular formula is C23H17Cl2N5O3. The molecule has 0 spiro atoms. The van der Waals surface area contributed by atoms with E-state index in [1.165, 1.54) is 12.4 Å². The third-order valence-electron chi connectivity index (χ3n) is 5.38. The Labute approximate surface area is 198 Å². The third-order valence-corrected chi connectivity index (χ3v) is 5.89. The average Bonchev–Trinajstić information content (AvgIpc) is 3.24. The van der Waals surface area contributed by atoms with Crippen molar-refractivity contribution in [2.45, 2.75) is 20.0 Å². The summed E-state index contributed by atoms with van der Waals surface area (Å²) < 4.78 is 6.70. The van der Waals surface area contributed by atoms with Crippen molar-refractivity contribution in [1.82, 2.24) is 19.5 Å². The van der Waals surface area contributed by atoms with Gasteiger partial charge in [0.05, 0.1) is 41.1 Å². The number of carbonyl (C=O) groups excluding carboxylic acids is 1. The van der Waals surface area contributed by atoms with Gasteiger partial charge in [-0.3, -0.25) is 14.3 Å². The van der Waals surface area contributed by atoms with Gasteiger partial charge in [-0.2, -0.15) is 0 Å². The van der Waals surface area contributed by atoms with Gasteiger partial charge in [0.25, 0.3) is 0 Å². The van der Waals surface area contributed by atoms with E-state index in [0.717, 1.165) is 11.3 Å². The van der Waals surface area contributed by atoms with E-state index in [0.29, 0.717) is 40.4 Å². The lowest BCUT2D eigenvalue weighted by atomic mass is 10.1. The van der Waals surface area contributed by atoms with Crippen LogP contribution < -0.4 is 10.3 Å². The number of anilines is 1. The first-order valence-corrected chi connectivity index (χ1v) is 10.9. The molecule has 0 saturated carbocycles. The van der Waals surface area contributed by atoms with Crippen LogP contribution in [0.15, 0.2) is 53.7 Å². The smallest absolute Gasteiger partial charge is 0.343 e. The first-order chi connectivity index (χ1) is 16.0. The highest BCUT2D eigenvalue weighted by atomic mass is 35.5. The Morgan fingerprint density at radius 1 is 1.18 bits per heavy atom. The van der Waals surface area contributed by atoms with Crippen molar-refractivity contribution in [2.24, 2.45) is 0 Å². The quantitative estimate of drug-likeness (QED) is 0.319. The number of fused-ring (bicyclic) bond motifs is 2. The number of ether oxygens (including phenoxy) is 1. The summed E-state index contributed by atoms with van der Waals surface area (Å²) in [7, 11) is 0. The standard InChI is InChI=1S/C23H17Cl2N5O3/c1-2-33-23(32)16-11-30(14-5-6-19(25)27-9-14)21-15(20(16)31)8-17(24)22(28-21)29-10-13-4-3-7-26-18(13)12-29/h3-9,11H,2,10,12H2,1H3. The first-order valence-electron chi connectivity index (χ1n) is 10.2. The van der Waals surface area contributed by atoms with Crippen molar-refractivity contribution >= 4 is 46.0 Å². The van der Waals surface area contributed by atoms with Crippen LogP contribution in [0.5, 0.6) is 0 Å². The summed E-state index contributed by atoms with van der Waals surface area (Å²) in [6.45, 7) is 2.95. The van der Waals surface area contributed by atoms with Gasteiger partial charge in [-0.15, -0.1) is 0 Å². The van der Waals surface area contributed by atoms with E-state index in [4.69, 9.17) is 32.9 Å². The van der Waals surface area contributed by atoms with Gasteiger partial charge in [0.15, 0.2) is 11.5 Å². The number of halogens is 2. The first kappa shape index (κ1) is 21.4. The minimum absolute atomic E-state index is 0.123. The molecule has 1 aliphatic rings. The summed E-state index contributed by atoms with van der Waals surface area (Å²) in [5, 5.41) is 0.807. The Bertz CT molecular complexity index is 1430. The van der Waals surface area contributed by atoms with E-state index in [1.807, 2.05) is 17.0 Å². The molecular weight excluding hydrogens is 465 g/mol. The largest absolute Gasteiger partial charge is 0.462 e. The van der Waals surface area contributed by atoms with Crippen LogP contribution in [0.3, 0.4) is 0 Å². The van der Waals surface area contributed by atoms with Gasteiger partial charge in [-0.25, -0.2) is 14.8 Å². The molecule has 0 amide bonds. The topological polar surface area (TPSA) is 90.2 Å². The minimum Gasteiger partial charge on any atom is -0.462 e. The van der Waals surface area contributed by atoms with Gasteiger partial charge in [0.2, 0.25) is 5.43 Å². The summed E-state index contributed by atoms with van der Waals surface area (Å²) in [5.74, 6) is -0.206. The minimum atomic E-state index is -0.721. The number of rotatable bonds is 4. The molecule has 0 radical (unpaired) electrons. The van der Waals surface area contributed by atoms with Crippen molar-refractivity contribution in [2.75, 3.05) is 11.5 Å². The molecule has 33 heavy (non-hydrogen) atoms. The second-order valence-corrected chi connectivity index (χ2v) is 8.23. The third kappa shape index (κ3) is 3.81. The molecule has 0 saturated heterocycles. The molecule has 1 aliphatic heterocycles. The van der Waals surface area contributed by atoms with Crippen LogP contribution in [0.1, 0.15) is 28.5 Å². The van der Waals surface area contributed by atoms with Gasteiger partial charge >= 0.3 is 5.97 Å². The Hall–Kier alpha value is -3.49. The molecule has 4 aromatic rings. The van der Waals surface area contributed by atoms with Crippen LogP contribution in [-0.4, -0.2) is 32.1 Å². The molecule has 0 aliphatic carbocycles. The average molecular weight is 482 g/mol. The fourth-order valence-corrected chi connectivity index (χ4v) is 4.23. The Kier molecular flexibility index (Phi) is 5.47. The van der Waals surface area contributed by atoms with E-state index in [2.05, 4.69) is 9.97 Å². The van der Waals surface area contributed by atoms with Gasteiger partial charge < -0.3 is 9.64 Å². The van der Waals surface area contributed by atoms with E-state index in [9.17, 15) is 9.59 Å². The molecule has 4 aromatic heterocycles. The predicted molar refractivity (Wildman–Crippen MR) is 125 cm³/mol. The SMILES string of the molecule is CCOC(=O)c1cn(-c2ccc(Cl)nc2)c2nc(N3Cc4cccnc4C3)c(Cl)cc2c1=O. The summed E-state index contributed by atoms with van der Waals surface area (Å²) in [4.78, 5) is 41.0. The second kappa shape index (κ2) is 8.46. The maximum Gasteiger partial charge on any atom is 0.343 e. The van der Waals surface area contributed by atoms with Crippen LogP contribution in [0.25, 0.3) is 16.7 Å². The zero-order chi connectivity index (χ0) is 23.1. The summed E-state index contributed by atoms with van der Waals surface area (Å²) >= 11 is 12.5. The van der Waals surface area contributed by atoms with Crippen molar-refractivity contribution < 1.29 is 9.53 Å². The Morgan fingerprint density at radius 2 is 2.03 bits per heavy atom. The van der Waals surface area contributed by atoms with Crippen molar-refractivity contribution in [3.05, 3.63) is 86.1 Å². The Morgan fingerprint density at radius 3 is 2.76 bits per heavy atom. The van der Waals surface area contributed by atoms with E-state index in [1.54, 1.807) is 35.9 Å². The van der Waals surface area contributed by atoms with Crippen LogP contribution in [-0.2, 0) is 17.8 Å². The molecule has 0 N–H and O–H groups in total. The Balaban J connectivity index is 1.72.